The molecule has 0 fully saturated rings. The van der Waals surface area contributed by atoms with Gasteiger partial charge in [-0.3, -0.25) is 0 Å². The molecule has 2 nitrogen and oxygen atoms in total. The predicted octanol–water partition coefficient (Wildman–Crippen LogP) is 12.6. The zero-order valence-electron chi connectivity index (χ0n) is 34.6. The van der Waals surface area contributed by atoms with E-state index in [0.717, 1.165) is 11.4 Å². The number of benzene rings is 10. The van der Waals surface area contributed by atoms with Crippen LogP contribution in [0.5, 0.6) is 0 Å². The molecule has 12 aromatic rings. The van der Waals surface area contributed by atoms with Crippen LogP contribution in [-0.4, -0.2) is 17.2 Å². The van der Waals surface area contributed by atoms with Gasteiger partial charge in [-0.1, -0.05) is 212 Å². The topological polar surface area (TPSA) is 9.86 Å². The largest absolute Gasteiger partial charge is 0.309 e. The number of aromatic nitrogens is 2. The summed E-state index contributed by atoms with van der Waals surface area (Å²) in [6, 6.07) is 94.4. The summed E-state index contributed by atoms with van der Waals surface area (Å²) in [5.41, 5.74) is 11.8. The Bertz CT molecular complexity index is 3500. The van der Waals surface area contributed by atoms with Crippen molar-refractivity contribution in [3.05, 3.63) is 255 Å². The van der Waals surface area contributed by atoms with Crippen molar-refractivity contribution in [2.75, 3.05) is 0 Å². The Balaban J connectivity index is 1.20. The maximum atomic E-state index is 2.55. The fourth-order valence-corrected chi connectivity index (χ4v) is 15.1. The molecule has 10 aromatic carbocycles. The predicted molar refractivity (Wildman–Crippen MR) is 270 cm³/mol. The molecule has 0 aliphatic rings. The fourth-order valence-electron chi connectivity index (χ4n) is 10.3. The number of nitrogens with zero attached hydrogens (tertiary/aromatic N) is 2. The quantitative estimate of drug-likeness (QED) is 0.107. The molecule has 63 heavy (non-hydrogen) atoms. The molecule has 0 spiro atoms. The van der Waals surface area contributed by atoms with Gasteiger partial charge in [0, 0.05) is 32.8 Å². The zero-order chi connectivity index (χ0) is 41.7. The van der Waals surface area contributed by atoms with Gasteiger partial charge in [-0.2, -0.15) is 0 Å². The van der Waals surface area contributed by atoms with E-state index >= 15 is 0 Å². The molecule has 0 amide bonds. The van der Waals surface area contributed by atoms with Gasteiger partial charge in [0.15, 0.2) is 8.07 Å². The van der Waals surface area contributed by atoms with Gasteiger partial charge in [0.2, 0.25) is 0 Å². The van der Waals surface area contributed by atoms with Crippen molar-refractivity contribution in [2.45, 2.75) is 0 Å². The highest BCUT2D eigenvalue weighted by atomic mass is 28.3. The van der Waals surface area contributed by atoms with Crippen molar-refractivity contribution in [3.63, 3.8) is 0 Å². The zero-order valence-corrected chi connectivity index (χ0v) is 35.6. The van der Waals surface area contributed by atoms with Crippen LogP contribution in [0.2, 0.25) is 0 Å². The van der Waals surface area contributed by atoms with E-state index < -0.39 is 8.07 Å². The van der Waals surface area contributed by atoms with Crippen LogP contribution in [0.15, 0.2) is 255 Å². The van der Waals surface area contributed by atoms with Crippen molar-refractivity contribution >= 4 is 72.4 Å². The molecular formula is C60H42N2Si. The van der Waals surface area contributed by atoms with Crippen LogP contribution in [0.3, 0.4) is 0 Å². The Hall–Kier alpha value is -7.98. The summed E-state index contributed by atoms with van der Waals surface area (Å²) in [5, 5.41) is 10.4. The Morgan fingerprint density at radius 1 is 0.254 bits per heavy atom. The van der Waals surface area contributed by atoms with E-state index in [0.29, 0.717) is 0 Å². The third-order valence-corrected chi connectivity index (χ3v) is 17.8. The molecule has 0 N–H and O–H groups in total. The maximum absolute atomic E-state index is 2.84. The first-order valence-corrected chi connectivity index (χ1v) is 23.8. The van der Waals surface area contributed by atoms with Crippen LogP contribution in [-0.2, 0) is 0 Å². The van der Waals surface area contributed by atoms with E-state index in [1.54, 1.807) is 0 Å². The van der Waals surface area contributed by atoms with Crippen LogP contribution < -0.4 is 20.7 Å². The SMILES string of the molecule is c1ccc(-c2cccc(-n3c4ccccc4c4cc(-c5ccccc5)c(-n5c6ccccc6c6ccc([Si](c7ccccc7)(c7ccccc7)c7ccccc7)cc65)cc43)c2)cc1. The van der Waals surface area contributed by atoms with Crippen LogP contribution in [0, 0.1) is 0 Å². The average Bonchev–Trinajstić information content (AvgIpc) is 3.87. The molecular weight excluding hydrogens is 777 g/mol. The molecule has 296 valence electrons. The van der Waals surface area contributed by atoms with E-state index in [1.165, 1.54) is 86.6 Å². The van der Waals surface area contributed by atoms with Crippen LogP contribution >= 0.6 is 0 Å². The molecule has 0 unspecified atom stereocenters. The molecule has 0 radical (unpaired) electrons. The van der Waals surface area contributed by atoms with E-state index in [2.05, 4.69) is 264 Å². The number of para-hydroxylation sites is 2. The number of fused-ring (bicyclic) bond motifs is 6. The monoisotopic (exact) mass is 818 g/mol. The van der Waals surface area contributed by atoms with Crippen molar-refractivity contribution in [3.8, 4) is 33.6 Å². The molecule has 0 bridgehead atoms. The highest BCUT2D eigenvalue weighted by molar-refractivity contribution is 7.20. The van der Waals surface area contributed by atoms with Gasteiger partial charge in [0.25, 0.3) is 0 Å². The molecule has 0 saturated carbocycles. The third-order valence-electron chi connectivity index (χ3n) is 13.1. The summed E-state index contributed by atoms with van der Waals surface area (Å²) in [5.74, 6) is 0. The third kappa shape index (κ3) is 5.93. The molecule has 12 rings (SSSR count). The van der Waals surface area contributed by atoms with E-state index in [-0.39, 0.29) is 0 Å². The molecule has 0 atom stereocenters. The molecule has 0 aliphatic heterocycles. The summed E-state index contributed by atoms with van der Waals surface area (Å²) >= 11 is 0. The first-order chi connectivity index (χ1) is 31.3. The number of rotatable bonds is 8. The molecule has 0 aliphatic carbocycles. The minimum Gasteiger partial charge on any atom is -0.309 e. The van der Waals surface area contributed by atoms with Gasteiger partial charge >= 0.3 is 0 Å². The lowest BCUT2D eigenvalue weighted by atomic mass is 10.00. The van der Waals surface area contributed by atoms with Gasteiger partial charge in [-0.05, 0) is 79.9 Å². The van der Waals surface area contributed by atoms with E-state index in [9.17, 15) is 0 Å². The Morgan fingerprint density at radius 2 is 0.714 bits per heavy atom. The maximum Gasteiger partial charge on any atom is 0.179 e. The number of hydrogen-bond donors (Lipinski definition) is 0. The average molecular weight is 819 g/mol. The van der Waals surface area contributed by atoms with Gasteiger partial charge in [-0.25, -0.2) is 0 Å². The summed E-state index contributed by atoms with van der Waals surface area (Å²) in [4.78, 5) is 0. The van der Waals surface area contributed by atoms with E-state index in [4.69, 9.17) is 0 Å². The van der Waals surface area contributed by atoms with Crippen molar-refractivity contribution in [1.82, 2.24) is 9.13 Å². The van der Waals surface area contributed by atoms with Crippen LogP contribution in [0.1, 0.15) is 0 Å². The first-order valence-electron chi connectivity index (χ1n) is 21.8. The molecule has 2 heterocycles. The van der Waals surface area contributed by atoms with Gasteiger partial charge in [0.05, 0.1) is 27.8 Å². The summed E-state index contributed by atoms with van der Waals surface area (Å²) in [6.45, 7) is 0. The second-order valence-corrected chi connectivity index (χ2v) is 20.3. The van der Waals surface area contributed by atoms with E-state index in [1.807, 2.05) is 0 Å². The lowest BCUT2D eigenvalue weighted by molar-refractivity contribution is 1.16. The van der Waals surface area contributed by atoms with Gasteiger partial charge in [-0.15, -0.1) is 0 Å². The summed E-state index contributed by atoms with van der Waals surface area (Å²) in [6.07, 6.45) is 0. The lowest BCUT2D eigenvalue weighted by Crippen LogP contribution is -2.74. The minimum atomic E-state index is -2.84. The smallest absolute Gasteiger partial charge is 0.179 e. The summed E-state index contributed by atoms with van der Waals surface area (Å²) in [7, 11) is -2.84. The highest BCUT2D eigenvalue weighted by Crippen LogP contribution is 2.42. The number of hydrogen-bond acceptors (Lipinski definition) is 0. The Morgan fingerprint density at radius 3 is 1.32 bits per heavy atom. The van der Waals surface area contributed by atoms with Gasteiger partial charge < -0.3 is 9.13 Å². The molecule has 0 saturated heterocycles. The van der Waals surface area contributed by atoms with Gasteiger partial charge in [0.1, 0.15) is 0 Å². The Kier molecular flexibility index (Phi) is 8.87. The standard InChI is InChI=1S/C60H42N2Si/c1-6-21-43(22-7-1)45-25-20-26-46(39-45)61-56-35-18-17-34-52(56)55-41-54(44-23-8-2-9-24-44)59(42-60(55)61)62-57-36-19-16-33-51(57)53-38-37-50(40-58(53)62)63(47-27-10-3-11-28-47,48-29-12-4-13-30-48)49-31-14-5-15-32-49/h1-42H. The van der Waals surface area contributed by atoms with Crippen molar-refractivity contribution in [1.29, 1.82) is 0 Å². The van der Waals surface area contributed by atoms with Crippen molar-refractivity contribution < 1.29 is 0 Å². The molecule has 3 heteroatoms. The Labute approximate surface area is 368 Å². The van der Waals surface area contributed by atoms with Crippen LogP contribution in [0.4, 0.5) is 0 Å². The minimum absolute atomic E-state index is 1.13. The highest BCUT2D eigenvalue weighted by Gasteiger charge is 2.41. The summed E-state index contributed by atoms with van der Waals surface area (Å²) < 4.78 is 5.02. The second-order valence-electron chi connectivity index (χ2n) is 16.5. The molecule has 2 aromatic heterocycles. The van der Waals surface area contributed by atoms with Crippen LogP contribution in [0.25, 0.3) is 77.2 Å². The van der Waals surface area contributed by atoms with Crippen molar-refractivity contribution in [2.24, 2.45) is 0 Å². The normalized spacial score (nSPS) is 11.8. The fraction of sp³-hybridized carbons (Fsp3) is 0. The second kappa shape index (κ2) is 15.2. The first kappa shape index (κ1) is 36.8. The lowest BCUT2D eigenvalue weighted by Gasteiger charge is -2.34.